The Kier molecular flexibility index (Phi) is 6.40. The molecule has 0 bridgehead atoms. The van der Waals surface area contributed by atoms with E-state index in [9.17, 15) is 23.1 Å². The summed E-state index contributed by atoms with van der Waals surface area (Å²) in [7, 11) is 0. The fraction of sp³-hybridized carbons (Fsp3) is 0.556. The van der Waals surface area contributed by atoms with Gasteiger partial charge in [-0.2, -0.15) is 13.2 Å². The minimum atomic E-state index is -4.43. The maximum atomic E-state index is 13.4. The number of aromatic nitrogens is 1. The predicted molar refractivity (Wildman–Crippen MR) is 126 cm³/mol. The van der Waals surface area contributed by atoms with Gasteiger partial charge in [0.05, 0.1) is 11.5 Å². The van der Waals surface area contributed by atoms with E-state index >= 15 is 0 Å². The topological polar surface area (TPSA) is 62.7 Å². The molecule has 3 aliphatic rings. The first kappa shape index (κ1) is 23.9. The molecule has 188 valence electrons. The fourth-order valence-corrected chi connectivity index (χ4v) is 5.88. The number of benzene rings is 1. The Morgan fingerprint density at radius 1 is 1.14 bits per heavy atom. The van der Waals surface area contributed by atoms with E-state index < -0.39 is 23.6 Å². The monoisotopic (exact) mass is 488 g/mol. The SMILES string of the molecule is C[C@H](C(=O)O)[C@H](c1ccc2c(c1)OC(C1CCN(c3ncccc3C(F)(F)F)CC1)CC2)C1CC1. The van der Waals surface area contributed by atoms with Gasteiger partial charge in [-0.1, -0.05) is 19.1 Å². The number of piperidine rings is 1. The fourth-order valence-electron chi connectivity index (χ4n) is 5.88. The van der Waals surface area contributed by atoms with Crippen LogP contribution in [0.5, 0.6) is 5.75 Å². The summed E-state index contributed by atoms with van der Waals surface area (Å²) in [6, 6.07) is 8.60. The van der Waals surface area contributed by atoms with E-state index in [0.717, 1.165) is 61.5 Å². The zero-order valence-corrected chi connectivity index (χ0v) is 19.8. The first-order valence-corrected chi connectivity index (χ1v) is 12.5. The normalized spacial score (nSPS) is 22.7. The third-order valence-corrected chi connectivity index (χ3v) is 7.97. The van der Waals surface area contributed by atoms with Gasteiger partial charge in [0.15, 0.2) is 0 Å². The van der Waals surface area contributed by atoms with Crippen molar-refractivity contribution in [2.24, 2.45) is 17.8 Å². The van der Waals surface area contributed by atoms with Crippen LogP contribution in [0.25, 0.3) is 0 Å². The van der Waals surface area contributed by atoms with E-state index in [1.54, 1.807) is 11.8 Å². The van der Waals surface area contributed by atoms with Crippen LogP contribution < -0.4 is 9.64 Å². The number of carbonyl (C=O) groups is 1. The Labute approximate surface area is 203 Å². The summed E-state index contributed by atoms with van der Waals surface area (Å²) >= 11 is 0. The lowest BCUT2D eigenvalue weighted by Gasteiger charge is -2.39. The molecule has 8 heteroatoms. The second-order valence-electron chi connectivity index (χ2n) is 10.2. The summed E-state index contributed by atoms with van der Waals surface area (Å²) in [5, 5.41) is 9.60. The lowest BCUT2D eigenvalue weighted by atomic mass is 9.81. The molecule has 0 radical (unpaired) electrons. The van der Waals surface area contributed by atoms with Crippen molar-refractivity contribution in [2.75, 3.05) is 18.0 Å². The molecule has 1 unspecified atom stereocenters. The minimum absolute atomic E-state index is 0.00813. The summed E-state index contributed by atoms with van der Waals surface area (Å²) in [5.74, 6) is 0.301. The van der Waals surface area contributed by atoms with Gasteiger partial charge in [-0.3, -0.25) is 4.79 Å². The van der Waals surface area contributed by atoms with Crippen molar-refractivity contribution < 1.29 is 27.8 Å². The Bertz CT molecular complexity index is 1080. The summed E-state index contributed by atoms with van der Waals surface area (Å²) in [6.45, 7) is 2.81. The zero-order chi connectivity index (χ0) is 24.7. The molecule has 5 rings (SSSR count). The Hall–Kier alpha value is -2.77. The molecule has 2 aliphatic heterocycles. The van der Waals surface area contributed by atoms with Gasteiger partial charge in [0.25, 0.3) is 0 Å². The number of ether oxygens (including phenoxy) is 1. The summed E-state index contributed by atoms with van der Waals surface area (Å²) in [5.41, 5.74) is 1.49. The van der Waals surface area contributed by atoms with Gasteiger partial charge in [-0.25, -0.2) is 4.98 Å². The Morgan fingerprint density at radius 2 is 1.89 bits per heavy atom. The highest BCUT2D eigenvalue weighted by Gasteiger charge is 2.40. The maximum absolute atomic E-state index is 13.4. The summed E-state index contributed by atoms with van der Waals surface area (Å²) in [6.07, 6.45) is 2.39. The molecular weight excluding hydrogens is 457 g/mol. The van der Waals surface area contributed by atoms with E-state index in [2.05, 4.69) is 17.1 Å². The van der Waals surface area contributed by atoms with Gasteiger partial charge >= 0.3 is 12.1 Å². The lowest BCUT2D eigenvalue weighted by Crippen LogP contribution is -2.41. The van der Waals surface area contributed by atoms with E-state index in [1.807, 2.05) is 6.07 Å². The van der Waals surface area contributed by atoms with Crippen molar-refractivity contribution >= 4 is 11.8 Å². The number of hydrogen-bond donors (Lipinski definition) is 1. The van der Waals surface area contributed by atoms with Crippen molar-refractivity contribution in [2.45, 2.75) is 63.6 Å². The van der Waals surface area contributed by atoms with Crippen molar-refractivity contribution in [3.05, 3.63) is 53.2 Å². The molecule has 2 fully saturated rings. The Balaban J connectivity index is 1.27. The van der Waals surface area contributed by atoms with Crippen LogP contribution in [-0.2, 0) is 17.4 Å². The number of pyridine rings is 1. The second-order valence-corrected chi connectivity index (χ2v) is 10.2. The number of carboxylic acid groups (broad SMARTS) is 1. The maximum Gasteiger partial charge on any atom is 0.419 e. The molecule has 0 amide bonds. The molecule has 3 heterocycles. The van der Waals surface area contributed by atoms with Crippen molar-refractivity contribution in [1.29, 1.82) is 0 Å². The van der Waals surface area contributed by atoms with Gasteiger partial charge in [-0.05, 0) is 85.6 Å². The second kappa shape index (κ2) is 9.36. The summed E-state index contributed by atoms with van der Waals surface area (Å²) in [4.78, 5) is 17.5. The molecule has 1 aliphatic carbocycles. The third-order valence-electron chi connectivity index (χ3n) is 7.97. The van der Waals surface area contributed by atoms with Crippen LogP contribution in [0.2, 0.25) is 0 Å². The molecule has 5 nitrogen and oxygen atoms in total. The van der Waals surface area contributed by atoms with Gasteiger partial charge in [0, 0.05) is 19.3 Å². The standard InChI is InChI=1S/C27H31F3N2O3/c1-16(26(33)34)24(19-5-6-19)20-7-4-17-8-9-22(35-23(17)15-20)18-10-13-32(14-11-18)25-21(27(28,29)30)3-2-12-31-25/h2-4,7,12,15-16,18-19,22,24H,5-6,8-11,13-14H2,1H3,(H,33,34)/t16-,22?,24-/m0/s1. The molecule has 35 heavy (non-hydrogen) atoms. The molecule has 1 aromatic heterocycles. The number of aryl methyl sites for hydroxylation is 1. The largest absolute Gasteiger partial charge is 0.490 e. The molecule has 2 aromatic rings. The van der Waals surface area contributed by atoms with E-state index in [-0.39, 0.29) is 23.8 Å². The van der Waals surface area contributed by atoms with Gasteiger partial charge in [-0.15, -0.1) is 0 Å². The van der Waals surface area contributed by atoms with Gasteiger partial charge in [0.2, 0.25) is 0 Å². The highest BCUT2D eigenvalue weighted by molar-refractivity contribution is 5.71. The number of anilines is 1. The first-order valence-electron chi connectivity index (χ1n) is 12.5. The number of hydrogen-bond acceptors (Lipinski definition) is 4. The van der Waals surface area contributed by atoms with Crippen LogP contribution in [-0.4, -0.2) is 35.3 Å². The number of halogens is 3. The third kappa shape index (κ3) is 4.98. The quantitative estimate of drug-likeness (QED) is 0.547. The van der Waals surface area contributed by atoms with Crippen LogP contribution in [0.3, 0.4) is 0 Å². The van der Waals surface area contributed by atoms with Gasteiger partial charge in [0.1, 0.15) is 17.7 Å². The highest BCUT2D eigenvalue weighted by Crippen LogP contribution is 2.48. The van der Waals surface area contributed by atoms with Gasteiger partial charge < -0.3 is 14.7 Å². The number of nitrogens with zero attached hydrogens (tertiary/aromatic N) is 2. The number of carboxylic acids is 1. The van der Waals surface area contributed by atoms with Crippen molar-refractivity contribution in [1.82, 2.24) is 4.98 Å². The van der Waals surface area contributed by atoms with Crippen molar-refractivity contribution in [3.63, 3.8) is 0 Å². The number of aliphatic carboxylic acids is 1. The highest BCUT2D eigenvalue weighted by atomic mass is 19.4. The van der Waals surface area contributed by atoms with E-state index in [4.69, 9.17) is 4.74 Å². The van der Waals surface area contributed by atoms with Crippen LogP contribution in [0.15, 0.2) is 36.5 Å². The average molecular weight is 489 g/mol. The minimum Gasteiger partial charge on any atom is -0.490 e. The van der Waals surface area contributed by atoms with Crippen LogP contribution in [0.4, 0.5) is 19.0 Å². The van der Waals surface area contributed by atoms with E-state index in [0.29, 0.717) is 19.0 Å². The van der Waals surface area contributed by atoms with Crippen LogP contribution in [0, 0.1) is 17.8 Å². The zero-order valence-electron chi connectivity index (χ0n) is 19.8. The molecule has 0 spiro atoms. The van der Waals surface area contributed by atoms with Crippen molar-refractivity contribution in [3.8, 4) is 5.75 Å². The molecular formula is C27H31F3N2O3. The number of rotatable bonds is 6. The smallest absolute Gasteiger partial charge is 0.419 e. The van der Waals surface area contributed by atoms with Crippen LogP contribution in [0.1, 0.15) is 61.6 Å². The van der Waals surface area contributed by atoms with E-state index in [1.165, 1.54) is 12.3 Å². The lowest BCUT2D eigenvalue weighted by molar-refractivity contribution is -0.142. The average Bonchev–Trinajstić information content (AvgIpc) is 3.68. The Morgan fingerprint density at radius 3 is 2.54 bits per heavy atom. The molecule has 1 saturated heterocycles. The van der Waals surface area contributed by atoms with Crippen LogP contribution >= 0.6 is 0 Å². The molecule has 1 N–H and O–H groups in total. The predicted octanol–water partition coefficient (Wildman–Crippen LogP) is 5.92. The number of alkyl halides is 3. The number of fused-ring (bicyclic) bond motifs is 1. The molecule has 3 atom stereocenters. The molecule has 1 saturated carbocycles. The molecule has 1 aromatic carbocycles. The summed E-state index contributed by atoms with van der Waals surface area (Å²) < 4.78 is 46.7. The first-order chi connectivity index (χ1) is 16.7.